The molecule has 4 nitrogen and oxygen atoms in total. The van der Waals surface area contributed by atoms with Crippen LogP contribution in [0.3, 0.4) is 0 Å². The smallest absolute Gasteiger partial charge is 0.161 e. The maximum absolute atomic E-state index is 10.8. The molecular weight excluding hydrogens is 338 g/mol. The third kappa shape index (κ3) is 2.67. The molecule has 0 spiro atoms. The van der Waals surface area contributed by atoms with E-state index in [1.54, 1.807) is 14.2 Å². The van der Waals surface area contributed by atoms with Gasteiger partial charge in [0.05, 0.1) is 19.7 Å². The number of benzene rings is 3. The van der Waals surface area contributed by atoms with Crippen molar-refractivity contribution in [2.75, 3.05) is 14.2 Å². The van der Waals surface area contributed by atoms with Crippen LogP contribution < -0.4 is 9.47 Å². The van der Waals surface area contributed by atoms with Crippen LogP contribution in [-0.2, 0) is 6.54 Å². The fraction of sp³-hybridized carbons (Fsp3) is 0.304. The fourth-order valence-corrected chi connectivity index (χ4v) is 3.97. The van der Waals surface area contributed by atoms with Crippen molar-refractivity contribution in [1.29, 1.82) is 0 Å². The molecule has 0 bridgehead atoms. The molecule has 0 radical (unpaired) electrons. The number of fused-ring (bicyclic) bond motifs is 5. The van der Waals surface area contributed by atoms with Crippen LogP contribution in [0.25, 0.3) is 32.6 Å². The number of aromatic hydroxyl groups is 1. The number of phenols is 1. The van der Waals surface area contributed by atoms with Crippen LogP contribution in [0.2, 0.25) is 0 Å². The summed E-state index contributed by atoms with van der Waals surface area (Å²) in [7, 11) is 3.25. The molecule has 0 saturated carbocycles. The van der Waals surface area contributed by atoms with Gasteiger partial charge in [-0.15, -0.1) is 0 Å². The summed E-state index contributed by atoms with van der Waals surface area (Å²) in [6.45, 7) is 5.24. The zero-order valence-electron chi connectivity index (χ0n) is 16.3. The Bertz CT molecular complexity index is 1160. The van der Waals surface area contributed by atoms with Crippen LogP contribution in [0.4, 0.5) is 0 Å². The minimum Gasteiger partial charge on any atom is -0.507 e. The van der Waals surface area contributed by atoms with Crippen molar-refractivity contribution < 1.29 is 14.6 Å². The molecule has 1 aromatic heterocycles. The highest BCUT2D eigenvalue weighted by Gasteiger charge is 2.18. The van der Waals surface area contributed by atoms with Gasteiger partial charge in [0.15, 0.2) is 11.5 Å². The summed E-state index contributed by atoms with van der Waals surface area (Å²) >= 11 is 0. The third-order valence-corrected chi connectivity index (χ3v) is 5.34. The van der Waals surface area contributed by atoms with Gasteiger partial charge in [-0.3, -0.25) is 0 Å². The number of unbranched alkanes of at least 4 members (excludes halogenated alkanes) is 1. The third-order valence-electron chi connectivity index (χ3n) is 5.34. The first-order valence-corrected chi connectivity index (χ1v) is 9.39. The topological polar surface area (TPSA) is 43.6 Å². The van der Waals surface area contributed by atoms with E-state index in [1.807, 2.05) is 18.2 Å². The first kappa shape index (κ1) is 17.5. The summed E-state index contributed by atoms with van der Waals surface area (Å²) in [4.78, 5) is 0. The molecular formula is C23H25NO3. The Hall–Kier alpha value is -2.88. The molecule has 3 aromatic carbocycles. The molecule has 4 aromatic rings. The lowest BCUT2D eigenvalue weighted by atomic mass is 10.0. The fourth-order valence-electron chi connectivity index (χ4n) is 3.97. The van der Waals surface area contributed by atoms with Crippen LogP contribution >= 0.6 is 0 Å². The van der Waals surface area contributed by atoms with E-state index in [4.69, 9.17) is 9.47 Å². The minimum absolute atomic E-state index is 0.260. The maximum atomic E-state index is 10.8. The Labute approximate surface area is 158 Å². The van der Waals surface area contributed by atoms with Crippen LogP contribution in [-0.4, -0.2) is 23.9 Å². The Morgan fingerprint density at radius 2 is 1.59 bits per heavy atom. The van der Waals surface area contributed by atoms with Gasteiger partial charge in [0, 0.05) is 34.3 Å². The second-order valence-corrected chi connectivity index (χ2v) is 7.07. The second-order valence-electron chi connectivity index (χ2n) is 7.07. The lowest BCUT2D eigenvalue weighted by molar-refractivity contribution is 0.355. The van der Waals surface area contributed by atoms with Crippen molar-refractivity contribution in [1.82, 2.24) is 4.57 Å². The molecule has 4 rings (SSSR count). The van der Waals surface area contributed by atoms with Crippen molar-refractivity contribution in [3.63, 3.8) is 0 Å². The first-order chi connectivity index (χ1) is 13.1. The number of hydrogen-bond acceptors (Lipinski definition) is 3. The molecule has 4 heteroatoms. The van der Waals surface area contributed by atoms with Crippen molar-refractivity contribution in [3.05, 3.63) is 42.0 Å². The van der Waals surface area contributed by atoms with Crippen LogP contribution in [0.15, 0.2) is 36.4 Å². The quantitative estimate of drug-likeness (QED) is 0.489. The Morgan fingerprint density at radius 1 is 0.889 bits per heavy atom. The molecule has 140 valence electrons. The number of rotatable bonds is 5. The number of methoxy groups -OCH3 is 2. The predicted octanol–water partition coefficient (Wildman–Crippen LogP) is 5.78. The second kappa shape index (κ2) is 6.69. The van der Waals surface area contributed by atoms with Crippen molar-refractivity contribution in [3.8, 4) is 17.2 Å². The summed E-state index contributed by atoms with van der Waals surface area (Å²) in [5.74, 6) is 1.54. The van der Waals surface area contributed by atoms with E-state index < -0.39 is 0 Å². The predicted molar refractivity (Wildman–Crippen MR) is 111 cm³/mol. The van der Waals surface area contributed by atoms with E-state index in [0.29, 0.717) is 11.5 Å². The average molecular weight is 363 g/mol. The summed E-state index contributed by atoms with van der Waals surface area (Å²) in [5, 5.41) is 14.9. The van der Waals surface area contributed by atoms with Crippen LogP contribution in [0, 0.1) is 6.92 Å². The summed E-state index contributed by atoms with van der Waals surface area (Å²) in [6, 6.07) is 12.3. The van der Waals surface area contributed by atoms with E-state index in [9.17, 15) is 5.11 Å². The highest BCUT2D eigenvalue weighted by molar-refractivity contribution is 6.22. The number of aromatic nitrogens is 1. The SMILES string of the molecule is CCCCn1c2cc(C)ccc2c2c3cc(OC)c(OC)cc3c(O)cc21. The molecule has 0 aliphatic heterocycles. The van der Waals surface area contributed by atoms with Gasteiger partial charge in [0.2, 0.25) is 0 Å². The maximum Gasteiger partial charge on any atom is 0.161 e. The van der Waals surface area contributed by atoms with Gasteiger partial charge in [-0.25, -0.2) is 0 Å². The number of ether oxygens (including phenoxy) is 2. The van der Waals surface area contributed by atoms with E-state index in [0.717, 1.165) is 41.1 Å². The molecule has 0 unspecified atom stereocenters. The summed E-state index contributed by atoms with van der Waals surface area (Å²) in [6.07, 6.45) is 2.22. The van der Waals surface area contributed by atoms with Gasteiger partial charge in [-0.2, -0.15) is 0 Å². The van der Waals surface area contributed by atoms with Gasteiger partial charge < -0.3 is 19.1 Å². The highest BCUT2D eigenvalue weighted by atomic mass is 16.5. The number of nitrogens with zero attached hydrogens (tertiary/aromatic N) is 1. The average Bonchev–Trinajstić information content (AvgIpc) is 2.97. The largest absolute Gasteiger partial charge is 0.507 e. The molecule has 0 atom stereocenters. The van der Waals surface area contributed by atoms with E-state index in [-0.39, 0.29) is 5.75 Å². The van der Waals surface area contributed by atoms with Crippen molar-refractivity contribution in [2.24, 2.45) is 0 Å². The molecule has 0 fully saturated rings. The Kier molecular flexibility index (Phi) is 4.34. The Morgan fingerprint density at radius 3 is 2.26 bits per heavy atom. The Balaban J connectivity index is 2.19. The normalized spacial score (nSPS) is 11.6. The molecule has 0 amide bonds. The van der Waals surface area contributed by atoms with Crippen molar-refractivity contribution >= 4 is 32.6 Å². The molecule has 1 heterocycles. The summed E-state index contributed by atoms with van der Waals surface area (Å²) in [5.41, 5.74) is 3.50. The molecule has 27 heavy (non-hydrogen) atoms. The minimum atomic E-state index is 0.260. The zero-order valence-corrected chi connectivity index (χ0v) is 16.3. The van der Waals surface area contributed by atoms with Crippen molar-refractivity contribution in [2.45, 2.75) is 33.2 Å². The number of aryl methyl sites for hydroxylation is 2. The monoisotopic (exact) mass is 363 g/mol. The van der Waals surface area contributed by atoms with Crippen LogP contribution in [0.5, 0.6) is 17.2 Å². The van der Waals surface area contributed by atoms with Gasteiger partial charge in [0.1, 0.15) is 5.75 Å². The standard InChI is InChI=1S/C23H25NO3/c1-5-6-9-24-18-10-14(2)7-8-15(18)23-17-12-22(27-4)21(26-3)11-16(17)20(25)13-19(23)24/h7-8,10-13,25H,5-6,9H2,1-4H3. The first-order valence-electron chi connectivity index (χ1n) is 9.39. The number of hydrogen-bond donors (Lipinski definition) is 1. The van der Waals surface area contributed by atoms with Gasteiger partial charge in [0.25, 0.3) is 0 Å². The van der Waals surface area contributed by atoms with E-state index >= 15 is 0 Å². The lowest BCUT2D eigenvalue weighted by Crippen LogP contribution is -1.97. The molecule has 1 N–H and O–H groups in total. The summed E-state index contributed by atoms with van der Waals surface area (Å²) < 4.78 is 13.3. The van der Waals surface area contributed by atoms with Gasteiger partial charge in [-0.1, -0.05) is 25.5 Å². The molecule has 0 aliphatic rings. The molecule has 0 saturated heterocycles. The van der Waals surface area contributed by atoms with Gasteiger partial charge in [-0.05, 0) is 42.5 Å². The van der Waals surface area contributed by atoms with E-state index in [1.165, 1.54) is 16.5 Å². The zero-order chi connectivity index (χ0) is 19.1. The number of phenolic OH excluding ortho intramolecular Hbond substituents is 1. The van der Waals surface area contributed by atoms with E-state index in [2.05, 4.69) is 36.6 Å². The van der Waals surface area contributed by atoms with Crippen LogP contribution in [0.1, 0.15) is 25.3 Å². The highest BCUT2D eigenvalue weighted by Crippen LogP contribution is 2.43. The lowest BCUT2D eigenvalue weighted by Gasteiger charge is -2.12. The molecule has 0 aliphatic carbocycles. The van der Waals surface area contributed by atoms with Gasteiger partial charge >= 0.3 is 0 Å².